The van der Waals surface area contributed by atoms with E-state index in [1.54, 1.807) is 12.3 Å². The van der Waals surface area contributed by atoms with Crippen LogP contribution in [0.5, 0.6) is 0 Å². The monoisotopic (exact) mass is 268 g/mol. The molecule has 0 bridgehead atoms. The van der Waals surface area contributed by atoms with Gasteiger partial charge in [-0.25, -0.2) is 4.98 Å². The van der Waals surface area contributed by atoms with Gasteiger partial charge in [-0.15, -0.1) is 11.6 Å². The van der Waals surface area contributed by atoms with E-state index in [1.165, 1.54) is 0 Å². The predicted octanol–water partition coefficient (Wildman–Crippen LogP) is 3.15. The molecule has 0 saturated carbocycles. The first-order valence-electron chi connectivity index (χ1n) is 3.35. The molecule has 0 aliphatic heterocycles. The van der Waals surface area contributed by atoms with Gasteiger partial charge in [0.2, 0.25) is 0 Å². The lowest BCUT2D eigenvalue weighted by Gasteiger charge is -2.04. The van der Waals surface area contributed by atoms with Crippen LogP contribution >= 0.6 is 39.1 Å². The van der Waals surface area contributed by atoms with Crippen molar-refractivity contribution >= 4 is 44.9 Å². The van der Waals surface area contributed by atoms with Crippen molar-refractivity contribution in [2.24, 2.45) is 0 Å². The fraction of sp³-hybridized carbons (Fsp3) is 0.286. The lowest BCUT2D eigenvalue weighted by molar-refractivity contribution is 1.16. The summed E-state index contributed by atoms with van der Waals surface area (Å²) in [4.78, 5) is 4.07. The molecule has 12 heavy (non-hydrogen) atoms. The molecule has 1 heterocycles. The van der Waals surface area contributed by atoms with Crippen LogP contribution in [0.3, 0.4) is 0 Å². The topological polar surface area (TPSA) is 24.9 Å². The summed E-state index contributed by atoms with van der Waals surface area (Å²) in [5.74, 6) is 1.32. The summed E-state index contributed by atoms with van der Waals surface area (Å²) >= 11 is 14.5. The first-order valence-corrected chi connectivity index (χ1v) is 5.05. The average Bonchev–Trinajstić information content (AvgIpc) is 2.03. The Bertz CT molecular complexity index is 268. The van der Waals surface area contributed by atoms with Crippen molar-refractivity contribution in [2.75, 3.05) is 17.7 Å². The maximum Gasteiger partial charge on any atom is 0.140 e. The minimum Gasteiger partial charge on any atom is -0.368 e. The van der Waals surface area contributed by atoms with E-state index in [0.29, 0.717) is 17.4 Å². The zero-order valence-corrected chi connectivity index (χ0v) is 9.25. The second-order valence-corrected chi connectivity index (χ2v) is 3.77. The van der Waals surface area contributed by atoms with Gasteiger partial charge < -0.3 is 5.32 Å². The molecule has 1 aromatic rings. The zero-order valence-electron chi connectivity index (χ0n) is 6.15. The van der Waals surface area contributed by atoms with E-state index in [2.05, 4.69) is 26.2 Å². The summed E-state index contributed by atoms with van der Waals surface area (Å²) in [6.45, 7) is 0.689. The lowest BCUT2D eigenvalue weighted by Crippen LogP contribution is -2.04. The van der Waals surface area contributed by atoms with Crippen LogP contribution in [0.4, 0.5) is 5.82 Å². The van der Waals surface area contributed by atoms with E-state index in [1.807, 2.05) is 0 Å². The molecule has 0 radical (unpaired) electrons. The number of anilines is 1. The quantitative estimate of drug-likeness (QED) is 0.853. The van der Waals surface area contributed by atoms with Gasteiger partial charge in [-0.3, -0.25) is 0 Å². The molecular weight excluding hydrogens is 263 g/mol. The number of pyridine rings is 1. The molecule has 0 fully saturated rings. The molecule has 5 heteroatoms. The Morgan fingerprint density at radius 3 is 2.92 bits per heavy atom. The van der Waals surface area contributed by atoms with Gasteiger partial charge in [0, 0.05) is 18.6 Å². The smallest absolute Gasteiger partial charge is 0.140 e. The van der Waals surface area contributed by atoms with Gasteiger partial charge in [0.05, 0.1) is 9.50 Å². The van der Waals surface area contributed by atoms with Crippen molar-refractivity contribution in [3.63, 3.8) is 0 Å². The third kappa shape index (κ3) is 2.81. The van der Waals surface area contributed by atoms with E-state index >= 15 is 0 Å². The number of hydrogen-bond acceptors (Lipinski definition) is 2. The van der Waals surface area contributed by atoms with Crippen molar-refractivity contribution in [1.82, 2.24) is 4.98 Å². The number of nitrogens with one attached hydrogen (secondary N) is 1. The standard InChI is InChI=1S/C7H7BrCl2N2/c8-6-3-5(10)4-12-7(6)11-2-1-9/h3-4H,1-2H2,(H,11,12). The Hall–Kier alpha value is 0.01000. The lowest BCUT2D eigenvalue weighted by atomic mass is 10.4. The third-order valence-corrected chi connectivity index (χ3v) is 2.19. The van der Waals surface area contributed by atoms with Gasteiger partial charge in [-0.05, 0) is 22.0 Å². The molecule has 1 rings (SSSR count). The van der Waals surface area contributed by atoms with Crippen molar-refractivity contribution in [3.8, 4) is 0 Å². The maximum atomic E-state index is 5.70. The minimum atomic E-state index is 0.552. The van der Waals surface area contributed by atoms with Gasteiger partial charge in [0.25, 0.3) is 0 Å². The molecule has 2 nitrogen and oxygen atoms in total. The number of alkyl halides is 1. The summed E-state index contributed by atoms with van der Waals surface area (Å²) in [5, 5.41) is 3.65. The highest BCUT2D eigenvalue weighted by Crippen LogP contribution is 2.22. The highest BCUT2D eigenvalue weighted by atomic mass is 79.9. The van der Waals surface area contributed by atoms with Crippen molar-refractivity contribution in [3.05, 3.63) is 21.8 Å². The molecule has 0 aliphatic carbocycles. The second-order valence-electron chi connectivity index (χ2n) is 2.10. The molecule has 66 valence electrons. The highest BCUT2D eigenvalue weighted by molar-refractivity contribution is 9.10. The zero-order chi connectivity index (χ0) is 8.97. The summed E-state index contributed by atoms with van der Waals surface area (Å²) in [6.07, 6.45) is 1.59. The molecule has 0 atom stereocenters. The van der Waals surface area contributed by atoms with Crippen LogP contribution < -0.4 is 5.32 Å². The van der Waals surface area contributed by atoms with Crippen LogP contribution in [0.15, 0.2) is 16.7 Å². The van der Waals surface area contributed by atoms with Crippen molar-refractivity contribution in [2.45, 2.75) is 0 Å². The van der Waals surface area contributed by atoms with E-state index < -0.39 is 0 Å². The van der Waals surface area contributed by atoms with Crippen LogP contribution in [0.1, 0.15) is 0 Å². The van der Waals surface area contributed by atoms with Crippen LogP contribution in [0.25, 0.3) is 0 Å². The maximum absolute atomic E-state index is 5.70. The highest BCUT2D eigenvalue weighted by Gasteiger charge is 2.00. The minimum absolute atomic E-state index is 0.552. The van der Waals surface area contributed by atoms with Crippen LogP contribution in [-0.2, 0) is 0 Å². The number of hydrogen-bond donors (Lipinski definition) is 1. The van der Waals surface area contributed by atoms with E-state index in [-0.39, 0.29) is 0 Å². The molecule has 1 aromatic heterocycles. The fourth-order valence-corrected chi connectivity index (χ4v) is 1.58. The molecular formula is C7H7BrCl2N2. The number of rotatable bonds is 3. The van der Waals surface area contributed by atoms with Gasteiger partial charge in [0.15, 0.2) is 0 Å². The Morgan fingerprint density at radius 1 is 1.58 bits per heavy atom. The Morgan fingerprint density at radius 2 is 2.33 bits per heavy atom. The molecule has 1 N–H and O–H groups in total. The summed E-state index contributed by atoms with van der Waals surface area (Å²) in [7, 11) is 0. The van der Waals surface area contributed by atoms with E-state index in [0.717, 1.165) is 10.3 Å². The first kappa shape index (κ1) is 10.1. The molecule has 0 saturated heterocycles. The fourth-order valence-electron chi connectivity index (χ4n) is 0.710. The Balaban J connectivity index is 2.72. The van der Waals surface area contributed by atoms with E-state index in [4.69, 9.17) is 23.2 Å². The Kier molecular flexibility index (Phi) is 4.12. The molecule has 0 aliphatic rings. The first-order chi connectivity index (χ1) is 5.74. The van der Waals surface area contributed by atoms with Gasteiger partial charge in [-0.1, -0.05) is 11.6 Å². The summed E-state index contributed by atoms with van der Waals surface area (Å²) < 4.78 is 0.847. The molecule has 0 spiro atoms. The van der Waals surface area contributed by atoms with Crippen molar-refractivity contribution in [1.29, 1.82) is 0 Å². The number of nitrogens with zero attached hydrogens (tertiary/aromatic N) is 1. The van der Waals surface area contributed by atoms with Crippen LogP contribution in [0.2, 0.25) is 5.02 Å². The number of aromatic nitrogens is 1. The summed E-state index contributed by atoms with van der Waals surface area (Å²) in [5.41, 5.74) is 0. The van der Waals surface area contributed by atoms with Crippen LogP contribution in [0, 0.1) is 0 Å². The van der Waals surface area contributed by atoms with Gasteiger partial charge in [-0.2, -0.15) is 0 Å². The third-order valence-electron chi connectivity index (χ3n) is 1.19. The number of halogens is 3. The summed E-state index contributed by atoms with van der Waals surface area (Å²) in [6, 6.07) is 1.78. The van der Waals surface area contributed by atoms with Crippen LogP contribution in [-0.4, -0.2) is 17.4 Å². The molecule has 0 amide bonds. The van der Waals surface area contributed by atoms with Gasteiger partial charge >= 0.3 is 0 Å². The largest absolute Gasteiger partial charge is 0.368 e. The average molecular weight is 270 g/mol. The molecule has 0 unspecified atom stereocenters. The predicted molar refractivity (Wildman–Crippen MR) is 56.2 cm³/mol. The SMILES string of the molecule is ClCCNc1ncc(Cl)cc1Br. The van der Waals surface area contributed by atoms with Gasteiger partial charge in [0.1, 0.15) is 5.82 Å². The second kappa shape index (κ2) is 4.90. The van der Waals surface area contributed by atoms with E-state index in [9.17, 15) is 0 Å². The Labute approximate surface area is 89.4 Å². The normalized spacial score (nSPS) is 9.92. The van der Waals surface area contributed by atoms with Crippen molar-refractivity contribution < 1.29 is 0 Å². The molecule has 0 aromatic carbocycles.